The fourth-order valence-electron chi connectivity index (χ4n) is 2.19. The van der Waals surface area contributed by atoms with Crippen molar-refractivity contribution in [1.29, 1.82) is 0 Å². The molecule has 0 amide bonds. The largest absolute Gasteiger partial charge is 0.316 e. The van der Waals surface area contributed by atoms with E-state index in [1.165, 1.54) is 0 Å². The third-order valence-corrected chi connectivity index (χ3v) is 3.13. The summed E-state index contributed by atoms with van der Waals surface area (Å²) in [5.74, 6) is 0.605. The number of hydrogen-bond acceptors (Lipinski definition) is 4. The average Bonchev–Trinajstić information content (AvgIpc) is 2.65. The first-order valence-corrected chi connectivity index (χ1v) is 6.08. The van der Waals surface area contributed by atoms with Gasteiger partial charge in [0.2, 0.25) is 0 Å². The summed E-state index contributed by atoms with van der Waals surface area (Å²) >= 11 is 0. The van der Waals surface area contributed by atoms with Crippen molar-refractivity contribution < 1.29 is 0 Å². The molecule has 0 atom stereocenters. The van der Waals surface area contributed by atoms with Gasteiger partial charge in [-0.3, -0.25) is 9.78 Å². The van der Waals surface area contributed by atoms with Crippen LogP contribution in [0.1, 0.15) is 11.3 Å². The van der Waals surface area contributed by atoms with Gasteiger partial charge >= 0.3 is 0 Å². The van der Waals surface area contributed by atoms with Gasteiger partial charge in [0.25, 0.3) is 5.56 Å². The van der Waals surface area contributed by atoms with Gasteiger partial charge in [-0.05, 0) is 25.1 Å². The van der Waals surface area contributed by atoms with E-state index in [-0.39, 0.29) is 5.56 Å². The quantitative estimate of drug-likeness (QED) is 0.765. The fraction of sp³-hybridized carbons (Fsp3) is 0.308. The lowest BCUT2D eigenvalue weighted by atomic mass is 10.1. The summed E-state index contributed by atoms with van der Waals surface area (Å²) in [4.78, 5) is 23.5. The van der Waals surface area contributed by atoms with Crippen molar-refractivity contribution in [2.45, 2.75) is 12.8 Å². The van der Waals surface area contributed by atoms with E-state index in [1.807, 2.05) is 12.1 Å². The Morgan fingerprint density at radius 2 is 2.11 bits per heavy atom. The maximum absolute atomic E-state index is 12.1. The molecule has 5 heteroatoms. The number of pyridine rings is 1. The molecular formula is C13H14N4O. The van der Waals surface area contributed by atoms with E-state index < -0.39 is 0 Å². The smallest absolute Gasteiger partial charge is 0.254 e. The van der Waals surface area contributed by atoms with Crippen LogP contribution in [0.25, 0.3) is 11.4 Å². The highest BCUT2D eigenvalue weighted by Crippen LogP contribution is 2.14. The van der Waals surface area contributed by atoms with Crippen molar-refractivity contribution in [1.82, 2.24) is 20.3 Å². The van der Waals surface area contributed by atoms with Crippen molar-refractivity contribution >= 4 is 0 Å². The molecule has 0 aromatic carbocycles. The van der Waals surface area contributed by atoms with E-state index in [4.69, 9.17) is 0 Å². The Labute approximate surface area is 104 Å². The molecule has 18 heavy (non-hydrogen) atoms. The van der Waals surface area contributed by atoms with Crippen LogP contribution in [-0.2, 0) is 12.8 Å². The van der Waals surface area contributed by atoms with Crippen molar-refractivity contribution in [3.05, 3.63) is 46.1 Å². The Kier molecular flexibility index (Phi) is 2.90. The first kappa shape index (κ1) is 11.1. The number of H-pyrrole nitrogens is 1. The average molecular weight is 242 g/mol. The molecule has 3 rings (SSSR count). The highest BCUT2D eigenvalue weighted by atomic mass is 16.1. The Balaban J connectivity index is 2.11. The number of rotatable bonds is 1. The van der Waals surface area contributed by atoms with Gasteiger partial charge in [0.05, 0.1) is 5.69 Å². The van der Waals surface area contributed by atoms with Crippen LogP contribution in [0.15, 0.2) is 29.3 Å². The highest BCUT2D eigenvalue weighted by Gasteiger charge is 2.14. The molecule has 0 aliphatic carbocycles. The Hall–Kier alpha value is -2.01. The van der Waals surface area contributed by atoms with Gasteiger partial charge in [0, 0.05) is 36.5 Å². The van der Waals surface area contributed by atoms with Crippen LogP contribution in [0.4, 0.5) is 0 Å². The summed E-state index contributed by atoms with van der Waals surface area (Å²) in [5.41, 5.74) is 2.53. The molecule has 2 aromatic heterocycles. The molecule has 92 valence electrons. The van der Waals surface area contributed by atoms with Crippen LogP contribution in [-0.4, -0.2) is 28.0 Å². The van der Waals surface area contributed by atoms with E-state index in [2.05, 4.69) is 20.3 Å². The van der Waals surface area contributed by atoms with E-state index in [9.17, 15) is 4.79 Å². The third-order valence-electron chi connectivity index (χ3n) is 3.13. The summed E-state index contributed by atoms with van der Waals surface area (Å²) in [7, 11) is 0. The monoisotopic (exact) mass is 242 g/mol. The van der Waals surface area contributed by atoms with Gasteiger partial charge in [-0.1, -0.05) is 0 Å². The molecule has 0 radical (unpaired) electrons. The molecule has 2 aromatic rings. The zero-order valence-electron chi connectivity index (χ0n) is 9.94. The van der Waals surface area contributed by atoms with Crippen LogP contribution in [0.3, 0.4) is 0 Å². The van der Waals surface area contributed by atoms with Gasteiger partial charge in [0.1, 0.15) is 5.82 Å². The number of nitrogens with zero attached hydrogens (tertiary/aromatic N) is 2. The second-order valence-corrected chi connectivity index (χ2v) is 4.33. The number of nitrogens with one attached hydrogen (secondary N) is 2. The zero-order valence-corrected chi connectivity index (χ0v) is 9.94. The molecule has 1 aliphatic heterocycles. The predicted molar refractivity (Wildman–Crippen MR) is 68.4 cm³/mol. The maximum Gasteiger partial charge on any atom is 0.254 e. The minimum atomic E-state index is -0.0254. The lowest BCUT2D eigenvalue weighted by Crippen LogP contribution is -2.19. The molecule has 0 saturated heterocycles. The Morgan fingerprint density at radius 1 is 1.22 bits per heavy atom. The summed E-state index contributed by atoms with van der Waals surface area (Å²) < 4.78 is 0. The molecule has 0 unspecified atom stereocenters. The lowest BCUT2D eigenvalue weighted by molar-refractivity contribution is 0.708. The second kappa shape index (κ2) is 4.70. The SMILES string of the molecule is O=c1[nH]c(-c2cccnc2)nc2c1CCNCC2. The number of hydrogen-bond donors (Lipinski definition) is 2. The Bertz CT molecular complexity index is 606. The highest BCUT2D eigenvalue weighted by molar-refractivity contribution is 5.53. The Morgan fingerprint density at radius 3 is 2.94 bits per heavy atom. The van der Waals surface area contributed by atoms with Crippen molar-refractivity contribution in [2.75, 3.05) is 13.1 Å². The normalized spacial score (nSPS) is 14.9. The van der Waals surface area contributed by atoms with Crippen LogP contribution >= 0.6 is 0 Å². The minimum absolute atomic E-state index is 0.0254. The first-order valence-electron chi connectivity index (χ1n) is 6.08. The predicted octanol–water partition coefficient (Wildman–Crippen LogP) is 0.520. The van der Waals surface area contributed by atoms with Crippen LogP contribution < -0.4 is 10.9 Å². The standard InChI is InChI=1S/C13H14N4O/c18-13-10-3-6-14-7-4-11(10)16-12(17-13)9-2-1-5-15-8-9/h1-2,5,8,14H,3-4,6-7H2,(H,16,17,18). The van der Waals surface area contributed by atoms with Gasteiger partial charge in [-0.2, -0.15) is 0 Å². The second-order valence-electron chi connectivity index (χ2n) is 4.33. The summed E-state index contributed by atoms with van der Waals surface area (Å²) in [6, 6.07) is 3.73. The van der Waals surface area contributed by atoms with Gasteiger partial charge in [-0.25, -0.2) is 4.98 Å². The fourth-order valence-corrected chi connectivity index (χ4v) is 2.19. The van der Waals surface area contributed by atoms with E-state index in [0.717, 1.165) is 42.8 Å². The van der Waals surface area contributed by atoms with Crippen LogP contribution in [0.2, 0.25) is 0 Å². The van der Waals surface area contributed by atoms with Crippen molar-refractivity contribution in [2.24, 2.45) is 0 Å². The maximum atomic E-state index is 12.1. The molecule has 0 fully saturated rings. The molecule has 5 nitrogen and oxygen atoms in total. The molecule has 0 spiro atoms. The van der Waals surface area contributed by atoms with E-state index in [0.29, 0.717) is 5.82 Å². The molecule has 0 bridgehead atoms. The summed E-state index contributed by atoms with van der Waals surface area (Å²) in [5, 5.41) is 3.28. The molecule has 0 saturated carbocycles. The summed E-state index contributed by atoms with van der Waals surface area (Å²) in [6.45, 7) is 1.71. The lowest BCUT2D eigenvalue weighted by Gasteiger charge is -2.06. The van der Waals surface area contributed by atoms with Crippen molar-refractivity contribution in [3.8, 4) is 11.4 Å². The minimum Gasteiger partial charge on any atom is -0.316 e. The zero-order chi connectivity index (χ0) is 12.4. The molecule has 1 aliphatic rings. The van der Waals surface area contributed by atoms with Gasteiger partial charge < -0.3 is 10.3 Å². The van der Waals surface area contributed by atoms with Gasteiger partial charge in [-0.15, -0.1) is 0 Å². The number of aromatic amines is 1. The number of aromatic nitrogens is 3. The topological polar surface area (TPSA) is 70.7 Å². The van der Waals surface area contributed by atoms with Gasteiger partial charge in [0.15, 0.2) is 0 Å². The van der Waals surface area contributed by atoms with E-state index >= 15 is 0 Å². The third kappa shape index (κ3) is 2.04. The van der Waals surface area contributed by atoms with Crippen LogP contribution in [0.5, 0.6) is 0 Å². The van der Waals surface area contributed by atoms with Crippen molar-refractivity contribution in [3.63, 3.8) is 0 Å². The molecule has 2 N–H and O–H groups in total. The molecule has 3 heterocycles. The first-order chi connectivity index (χ1) is 8.84. The number of fused-ring (bicyclic) bond motifs is 1. The van der Waals surface area contributed by atoms with E-state index in [1.54, 1.807) is 12.4 Å². The summed E-state index contributed by atoms with van der Waals surface area (Å²) in [6.07, 6.45) is 4.95. The van der Waals surface area contributed by atoms with Crippen LogP contribution in [0, 0.1) is 0 Å². The molecular weight excluding hydrogens is 228 g/mol.